The zero-order valence-electron chi connectivity index (χ0n) is 30.0. The van der Waals surface area contributed by atoms with Crippen molar-refractivity contribution in [1.82, 2.24) is 0 Å². The van der Waals surface area contributed by atoms with Crippen LogP contribution in [-0.4, -0.2) is 24.4 Å². The molecule has 6 unspecified atom stereocenters. The van der Waals surface area contributed by atoms with Gasteiger partial charge in [-0.25, -0.2) is 0 Å². The molecule has 4 aliphatic rings. The average Bonchev–Trinajstić information content (AvgIpc) is 3.58. The van der Waals surface area contributed by atoms with Crippen LogP contribution < -0.4 is 9.47 Å². The number of rotatable bonds is 4. The molecule has 0 heterocycles. The minimum absolute atomic E-state index is 0. The van der Waals surface area contributed by atoms with E-state index >= 15 is 0 Å². The zero-order valence-corrected chi connectivity index (χ0v) is 35.9. The molecule has 4 aliphatic carbocycles. The Morgan fingerprint density at radius 2 is 0.932 bits per heavy atom. The van der Waals surface area contributed by atoms with Crippen LogP contribution in [-0.2, 0) is 50.2 Å². The predicted octanol–water partition coefficient (Wildman–Crippen LogP) is 8.97. The Hall–Kier alpha value is -0.793. The van der Waals surface area contributed by atoms with Crippen molar-refractivity contribution >= 4 is 0 Å². The number of para-hydroxylation sites is 2. The molecule has 2 aromatic rings. The maximum atomic E-state index is 11.8. The van der Waals surface area contributed by atoms with Crippen LogP contribution >= 0.6 is 0 Å². The summed E-state index contributed by atoms with van der Waals surface area (Å²) >= 11 is 0. The first-order valence-corrected chi connectivity index (χ1v) is 15.3. The summed E-state index contributed by atoms with van der Waals surface area (Å²) in [5.41, 5.74) is 2.25. The summed E-state index contributed by atoms with van der Waals surface area (Å²) in [7, 11) is 3.41. The van der Waals surface area contributed by atoms with Gasteiger partial charge in [0, 0.05) is 71.7 Å². The maximum Gasteiger partial charge on any atom is 0.127 e. The molecule has 2 aromatic carbocycles. The normalized spacial score (nSPS) is 34.7. The number of hydrogen-bond donors (Lipinski definition) is 2. The van der Waals surface area contributed by atoms with Crippen LogP contribution in [0.4, 0.5) is 0 Å². The van der Waals surface area contributed by atoms with Crippen LogP contribution in [0.5, 0.6) is 11.5 Å². The monoisotopic (exact) mass is 706 g/mol. The number of aryl methyl sites for hydroxylation is 2. The van der Waals surface area contributed by atoms with E-state index < -0.39 is 11.2 Å². The topological polar surface area (TPSA) is 58.9 Å². The molecule has 6 rings (SSSR count). The van der Waals surface area contributed by atoms with Gasteiger partial charge in [0.15, 0.2) is 0 Å². The average molecular weight is 710 g/mol. The predicted molar refractivity (Wildman–Crippen MR) is 175 cm³/mol. The molecule has 44 heavy (non-hydrogen) atoms. The third-order valence-electron chi connectivity index (χ3n) is 12.7. The molecule has 4 saturated carbocycles. The summed E-state index contributed by atoms with van der Waals surface area (Å²) in [5.74, 6) is 2.92. The van der Waals surface area contributed by atoms with E-state index in [2.05, 4.69) is 53.7 Å². The molecule has 0 saturated heterocycles. The quantitative estimate of drug-likeness (QED) is 0.246. The Morgan fingerprint density at radius 3 is 1.18 bits per heavy atom. The van der Waals surface area contributed by atoms with Crippen molar-refractivity contribution in [2.24, 2.45) is 33.5 Å². The van der Waals surface area contributed by atoms with Crippen molar-refractivity contribution in [3.63, 3.8) is 0 Å². The smallest absolute Gasteiger partial charge is 0.127 e. The van der Waals surface area contributed by atoms with Gasteiger partial charge in [-0.05, 0) is 75.3 Å². The number of aliphatic hydroxyl groups is 2. The Morgan fingerprint density at radius 1 is 0.614 bits per heavy atom. The van der Waals surface area contributed by atoms with Gasteiger partial charge >= 0.3 is 0 Å². The van der Waals surface area contributed by atoms with Gasteiger partial charge < -0.3 is 34.5 Å². The van der Waals surface area contributed by atoms with Crippen molar-refractivity contribution in [2.75, 3.05) is 14.2 Å². The number of ether oxygens (including phenoxy) is 2. The second-order valence-electron chi connectivity index (χ2n) is 15.2. The van der Waals surface area contributed by atoms with Crippen LogP contribution in [0.2, 0.25) is 0 Å². The minimum atomic E-state index is -0.805. The van der Waals surface area contributed by atoms with Gasteiger partial charge in [-0.2, -0.15) is 0 Å². The number of hydrogen-bond acceptors (Lipinski definition) is 4. The van der Waals surface area contributed by atoms with Crippen LogP contribution in [0.3, 0.4) is 0 Å². The van der Waals surface area contributed by atoms with Crippen molar-refractivity contribution in [3.05, 3.63) is 73.5 Å². The van der Waals surface area contributed by atoms with E-state index in [-0.39, 0.29) is 75.5 Å². The van der Waals surface area contributed by atoms with E-state index in [1.54, 1.807) is 14.2 Å². The summed E-state index contributed by atoms with van der Waals surface area (Å²) in [5, 5.41) is 23.6. The van der Waals surface area contributed by atoms with E-state index in [1.165, 1.54) is 12.8 Å². The Kier molecular flexibility index (Phi) is 12.5. The van der Waals surface area contributed by atoms with Gasteiger partial charge in [-0.1, -0.05) is 77.9 Å². The minimum Gasteiger partial charge on any atom is -0.496 e. The summed E-state index contributed by atoms with van der Waals surface area (Å²) in [6.45, 7) is 17.5. The molecular formula is C38H58O4Zn2-2. The van der Waals surface area contributed by atoms with E-state index in [0.29, 0.717) is 11.8 Å². The van der Waals surface area contributed by atoms with Crippen molar-refractivity contribution < 1.29 is 58.6 Å². The van der Waals surface area contributed by atoms with E-state index in [1.807, 2.05) is 38.1 Å². The SMILES string of the molecule is COc1c(C)cccc1C1(O)C2(C)CCC(C2)C1(C)C.COc1c(C)cccc1C1(O)C2(C)CCC(C2)C1(C)C.[CH3-].[CH3-].[Zn].[Zn]. The molecule has 4 fully saturated rings. The summed E-state index contributed by atoms with van der Waals surface area (Å²) < 4.78 is 11.3. The third-order valence-corrected chi connectivity index (χ3v) is 12.7. The van der Waals surface area contributed by atoms with Gasteiger partial charge in [0.1, 0.15) is 22.7 Å². The Balaban J connectivity index is 0.000000403. The Labute approximate surface area is 295 Å². The van der Waals surface area contributed by atoms with Gasteiger partial charge in [-0.3, -0.25) is 0 Å². The largest absolute Gasteiger partial charge is 0.496 e. The van der Waals surface area contributed by atoms with Crippen LogP contribution in [0.1, 0.15) is 102 Å². The van der Waals surface area contributed by atoms with Crippen LogP contribution in [0.15, 0.2) is 36.4 Å². The van der Waals surface area contributed by atoms with Crippen molar-refractivity contribution in [2.45, 2.75) is 105 Å². The fraction of sp³-hybridized carbons (Fsp3) is 0.632. The Bertz CT molecular complexity index is 1190. The zero-order chi connectivity index (χ0) is 29.5. The first kappa shape index (κ1) is 41.2. The molecule has 0 spiro atoms. The van der Waals surface area contributed by atoms with Gasteiger partial charge in [0.05, 0.1) is 14.2 Å². The first-order chi connectivity index (χ1) is 18.6. The molecule has 0 aliphatic heterocycles. The molecule has 6 heteroatoms. The first-order valence-electron chi connectivity index (χ1n) is 15.3. The summed E-state index contributed by atoms with van der Waals surface area (Å²) in [6.07, 6.45) is 6.92. The van der Waals surface area contributed by atoms with Crippen molar-refractivity contribution in [1.29, 1.82) is 0 Å². The van der Waals surface area contributed by atoms with E-state index in [9.17, 15) is 10.2 Å². The maximum absolute atomic E-state index is 11.8. The van der Waals surface area contributed by atoms with Gasteiger partial charge in [0.2, 0.25) is 0 Å². The second-order valence-corrected chi connectivity index (χ2v) is 15.2. The fourth-order valence-corrected chi connectivity index (χ4v) is 10.3. The van der Waals surface area contributed by atoms with Gasteiger partial charge in [0.25, 0.3) is 0 Å². The number of benzene rings is 2. The second kappa shape index (κ2) is 13.4. The molecule has 0 amide bonds. The van der Waals surface area contributed by atoms with Crippen LogP contribution in [0, 0.1) is 62.2 Å². The summed E-state index contributed by atoms with van der Waals surface area (Å²) in [6, 6.07) is 12.3. The number of methoxy groups -OCH3 is 2. The number of fused-ring (bicyclic) bond motifs is 4. The molecular weight excluding hydrogens is 651 g/mol. The van der Waals surface area contributed by atoms with Crippen LogP contribution in [0.25, 0.3) is 0 Å². The molecule has 240 valence electrons. The fourth-order valence-electron chi connectivity index (χ4n) is 10.3. The van der Waals surface area contributed by atoms with Crippen molar-refractivity contribution in [3.8, 4) is 11.5 Å². The van der Waals surface area contributed by atoms with Gasteiger partial charge in [-0.15, -0.1) is 0 Å². The molecule has 4 bridgehead atoms. The molecule has 0 aromatic heterocycles. The standard InChI is InChI=1S/2C18H26O2.2CH3.2Zn/c2*1-12-7-6-8-14(15(12)20-5)18(19)16(2,3)13-9-10-17(18,4)11-13;;;;/h2*6-8,13,19H,9-11H2,1-5H3;2*1H3;;/q;;2*-1;;. The molecule has 2 N–H and O–H groups in total. The molecule has 6 atom stereocenters. The van der Waals surface area contributed by atoms with E-state index in [0.717, 1.165) is 59.4 Å². The molecule has 0 radical (unpaired) electrons. The molecule has 4 nitrogen and oxygen atoms in total. The van der Waals surface area contributed by atoms with E-state index in [4.69, 9.17) is 9.47 Å². The third kappa shape index (κ3) is 5.20. The summed E-state index contributed by atoms with van der Waals surface area (Å²) in [4.78, 5) is 0.